The van der Waals surface area contributed by atoms with Gasteiger partial charge in [-0.15, -0.1) is 0 Å². The van der Waals surface area contributed by atoms with Crippen LogP contribution in [0.4, 0.5) is 4.79 Å². The summed E-state index contributed by atoms with van der Waals surface area (Å²) in [7, 11) is 0. The van der Waals surface area contributed by atoms with Gasteiger partial charge in [0.15, 0.2) is 18.9 Å². The van der Waals surface area contributed by atoms with Gasteiger partial charge in [-0.1, -0.05) is 52.7 Å². The van der Waals surface area contributed by atoms with E-state index in [0.29, 0.717) is 23.7 Å². The maximum Gasteiger partial charge on any atom is 0.407 e. The lowest BCUT2D eigenvalue weighted by molar-refractivity contribution is -0.310. The zero-order valence-corrected chi connectivity index (χ0v) is 42.8. The largest absolute Gasteiger partial charge is 0.446 e. The molecule has 72 heavy (non-hydrogen) atoms. The Balaban J connectivity index is 0.844. The zero-order chi connectivity index (χ0) is 52.1. The highest BCUT2D eigenvalue weighted by molar-refractivity contribution is 5.67. The first-order chi connectivity index (χ1) is 34.1. The fourth-order valence-corrected chi connectivity index (χ4v) is 14.8. The average Bonchev–Trinajstić information content (AvgIpc) is 3.84. The highest BCUT2D eigenvalue weighted by atomic mass is 16.8. The number of amides is 1. The SMILES string of the molecule is CC(C)CC(C)CCC1CCC2C3CC=C4CC(OC(=O)NCC5O[C@H](O[C@@H]6C(CO)O[C@@H](O[C@@H]7[C@@H](O)[C@H](N)C[C@H](N)[C@H]7O[C@H]7O[C@H](CO)[C@@H](O)[C@H](O)[C@H]7N)[C@@H]6O)[C@H](N)[C@@H](O)[C@@H]5O)CCC4(C)C3CCC12C. The number of hydrogen-bond acceptors (Lipinski definition) is 20. The van der Waals surface area contributed by atoms with E-state index in [0.717, 1.165) is 42.9 Å². The van der Waals surface area contributed by atoms with E-state index in [2.05, 4.69) is 46.0 Å². The summed E-state index contributed by atoms with van der Waals surface area (Å²) in [5.74, 6) is 4.38. The smallest absolute Gasteiger partial charge is 0.407 e. The van der Waals surface area contributed by atoms with Gasteiger partial charge >= 0.3 is 6.09 Å². The number of fused-ring (bicyclic) bond motifs is 5. The Morgan fingerprint density at radius 2 is 1.35 bits per heavy atom. The van der Waals surface area contributed by atoms with Crippen LogP contribution in [0.5, 0.6) is 0 Å². The van der Waals surface area contributed by atoms with E-state index in [1.807, 2.05) is 0 Å². The number of rotatable bonds is 16. The van der Waals surface area contributed by atoms with Crippen molar-refractivity contribution in [1.82, 2.24) is 5.32 Å². The Bertz CT molecular complexity index is 1840. The molecule has 3 saturated heterocycles. The van der Waals surface area contributed by atoms with Gasteiger partial charge in [0.1, 0.15) is 73.2 Å². The molecule has 0 aromatic rings. The summed E-state index contributed by atoms with van der Waals surface area (Å²) in [5, 5.41) is 88.5. The van der Waals surface area contributed by atoms with Crippen LogP contribution in [-0.2, 0) is 33.2 Å². The van der Waals surface area contributed by atoms with Gasteiger partial charge in [0.05, 0.1) is 31.4 Å². The molecule has 0 radical (unpaired) electrons. The van der Waals surface area contributed by atoms with Crippen LogP contribution in [0.3, 0.4) is 0 Å². The Hall–Kier alpha value is -1.71. The van der Waals surface area contributed by atoms with Crippen LogP contribution in [0.2, 0.25) is 0 Å². The normalized spacial score (nSPS) is 49.9. The molecule has 1 amide bonds. The zero-order valence-electron chi connectivity index (χ0n) is 42.8. The predicted molar refractivity (Wildman–Crippen MR) is 259 cm³/mol. The maximum atomic E-state index is 13.4. The van der Waals surface area contributed by atoms with Crippen LogP contribution in [0, 0.1) is 46.3 Å². The topological polar surface area (TPSA) is 360 Å². The van der Waals surface area contributed by atoms with Crippen LogP contribution in [0.1, 0.15) is 112 Å². The molecule has 0 bridgehead atoms. The van der Waals surface area contributed by atoms with Crippen LogP contribution in [0.15, 0.2) is 11.6 Å². The quantitative estimate of drug-likeness (QED) is 0.0852. The minimum atomic E-state index is -1.70. The van der Waals surface area contributed by atoms with Crippen molar-refractivity contribution in [3.05, 3.63) is 11.6 Å². The predicted octanol–water partition coefficient (Wildman–Crippen LogP) is -0.684. The molecule has 21 heteroatoms. The molecule has 27 atom stereocenters. The number of nitrogens with two attached hydrogens (primary N) is 4. The van der Waals surface area contributed by atoms with Gasteiger partial charge in [0.2, 0.25) is 0 Å². The molecule has 5 aliphatic carbocycles. The second-order valence-electron chi connectivity index (χ2n) is 24.0. The Morgan fingerprint density at radius 1 is 0.722 bits per heavy atom. The van der Waals surface area contributed by atoms with Gasteiger partial charge in [0, 0.05) is 25.0 Å². The standard InChI is InChI=1S/C51H89N5O16/c1-22(2)16-23(3)6-7-24-9-11-28-27-10-8-25-17-26(12-14-51(25,5)29(27)13-15-50(24,28)4)66-49(65)56-19-32-38(60)40(62)35(54)46(67-32)71-44-34(21-58)69-48(42(44)64)72-45-37(59)30(52)18-31(53)43(45)70-47-36(55)41(63)39(61)33(20-57)68-47/h8,22-24,26-48,57-64H,6-7,9-21,52-55H2,1-5H3,(H,56,65)/t23?,24?,26?,27?,28?,29?,30-,31+,32?,33-,34?,35-,36-,37+,38-,39-,40-,41-,42-,43-,44-,45-,46-,47-,48+,50?,51?/m1/s1. The molecule has 7 fully saturated rings. The number of aliphatic hydroxyl groups is 8. The Morgan fingerprint density at radius 3 is 2.01 bits per heavy atom. The molecule has 414 valence electrons. The second kappa shape index (κ2) is 23.1. The molecule has 10 unspecified atom stereocenters. The highest BCUT2D eigenvalue weighted by Gasteiger charge is 2.59. The molecule has 8 aliphatic rings. The lowest BCUT2D eigenvalue weighted by Crippen LogP contribution is -2.68. The van der Waals surface area contributed by atoms with Crippen LogP contribution < -0.4 is 28.3 Å². The minimum Gasteiger partial charge on any atom is -0.446 e. The van der Waals surface area contributed by atoms with Crippen molar-refractivity contribution in [2.45, 2.75) is 234 Å². The van der Waals surface area contributed by atoms with E-state index in [-0.39, 0.29) is 24.5 Å². The van der Waals surface area contributed by atoms with Crippen molar-refractivity contribution in [1.29, 1.82) is 0 Å². The molecule has 0 aromatic carbocycles. The van der Waals surface area contributed by atoms with Gasteiger partial charge in [-0.05, 0) is 111 Å². The third-order valence-electron chi connectivity index (χ3n) is 18.9. The Labute approximate surface area is 423 Å². The number of carbonyl (C=O) groups excluding carboxylic acids is 1. The first-order valence-electron chi connectivity index (χ1n) is 27.0. The first-order valence-corrected chi connectivity index (χ1v) is 27.0. The van der Waals surface area contributed by atoms with E-state index < -0.39 is 136 Å². The van der Waals surface area contributed by atoms with E-state index in [1.165, 1.54) is 50.5 Å². The molecule has 3 heterocycles. The minimum absolute atomic E-state index is 0.0399. The van der Waals surface area contributed by atoms with Crippen molar-refractivity contribution in [3.8, 4) is 0 Å². The van der Waals surface area contributed by atoms with Crippen LogP contribution in [-0.4, -0.2) is 189 Å². The highest BCUT2D eigenvalue weighted by Crippen LogP contribution is 2.67. The fourth-order valence-electron chi connectivity index (χ4n) is 14.8. The average molecular weight is 1030 g/mol. The third kappa shape index (κ3) is 11.2. The number of hydrogen-bond donors (Lipinski definition) is 13. The van der Waals surface area contributed by atoms with Crippen molar-refractivity contribution < 1.29 is 78.8 Å². The number of aliphatic hydroxyl groups excluding tert-OH is 8. The summed E-state index contributed by atoms with van der Waals surface area (Å²) in [6.07, 6.45) is -7.76. The van der Waals surface area contributed by atoms with Crippen LogP contribution in [0.25, 0.3) is 0 Å². The Kier molecular flexibility index (Phi) is 18.1. The summed E-state index contributed by atoms with van der Waals surface area (Å²) >= 11 is 0. The van der Waals surface area contributed by atoms with Crippen molar-refractivity contribution in [2.24, 2.45) is 69.3 Å². The number of nitrogens with one attached hydrogen (secondary N) is 1. The molecule has 0 spiro atoms. The van der Waals surface area contributed by atoms with Crippen molar-refractivity contribution in [2.75, 3.05) is 19.8 Å². The molecule has 0 aromatic heterocycles. The summed E-state index contributed by atoms with van der Waals surface area (Å²) < 4.78 is 41.7. The first kappa shape index (κ1) is 56.5. The number of ether oxygens (including phenoxy) is 7. The van der Waals surface area contributed by atoms with Crippen LogP contribution >= 0.6 is 0 Å². The molecule has 21 nitrogen and oxygen atoms in total. The van der Waals surface area contributed by atoms with E-state index in [9.17, 15) is 45.6 Å². The molecule has 4 saturated carbocycles. The fraction of sp³-hybridized carbons (Fsp3) is 0.941. The number of alkyl carbamates (subject to hydrolysis) is 1. The summed E-state index contributed by atoms with van der Waals surface area (Å²) in [5.41, 5.74) is 26.9. The number of allylic oxidation sites excluding steroid dienone is 1. The molecular weight excluding hydrogens is 939 g/mol. The summed E-state index contributed by atoms with van der Waals surface area (Å²) in [4.78, 5) is 13.4. The van der Waals surface area contributed by atoms with E-state index >= 15 is 0 Å². The summed E-state index contributed by atoms with van der Waals surface area (Å²) in [6.45, 7) is 10.5. The second-order valence-corrected chi connectivity index (χ2v) is 24.0. The number of carbonyl (C=O) groups is 1. The van der Waals surface area contributed by atoms with Gasteiger partial charge in [-0.25, -0.2) is 4.79 Å². The van der Waals surface area contributed by atoms with Gasteiger partial charge < -0.3 is 102 Å². The molecule has 3 aliphatic heterocycles. The molecule has 8 rings (SSSR count). The lowest BCUT2D eigenvalue weighted by Gasteiger charge is -2.58. The maximum absolute atomic E-state index is 13.4. The lowest BCUT2D eigenvalue weighted by atomic mass is 9.47. The van der Waals surface area contributed by atoms with Gasteiger partial charge in [-0.2, -0.15) is 0 Å². The van der Waals surface area contributed by atoms with E-state index in [1.54, 1.807) is 0 Å². The van der Waals surface area contributed by atoms with E-state index in [4.69, 9.17) is 56.1 Å². The molecule has 17 N–H and O–H groups in total. The monoisotopic (exact) mass is 1030 g/mol. The molecular formula is C51H89N5O16. The third-order valence-corrected chi connectivity index (χ3v) is 18.9. The van der Waals surface area contributed by atoms with Crippen molar-refractivity contribution in [3.63, 3.8) is 0 Å². The van der Waals surface area contributed by atoms with Gasteiger partial charge in [0.25, 0.3) is 0 Å². The summed E-state index contributed by atoms with van der Waals surface area (Å²) in [6, 6.07) is -4.52. The van der Waals surface area contributed by atoms with Crippen molar-refractivity contribution >= 4 is 6.09 Å². The van der Waals surface area contributed by atoms with Gasteiger partial charge in [-0.3, -0.25) is 0 Å².